The molecule has 7 heteroatoms. The normalized spacial score (nSPS) is 10.5. The second-order valence-corrected chi connectivity index (χ2v) is 4.79. The summed E-state index contributed by atoms with van der Waals surface area (Å²) >= 11 is 5.34. The average Bonchev–Trinajstić information content (AvgIpc) is 2.84. The first-order valence-corrected chi connectivity index (χ1v) is 6.60. The third-order valence-electron chi connectivity index (χ3n) is 3.14. The SMILES string of the molecule is COc1ncnc2c1[nH]c(=S)n2Cc1ccc(C#N)cc1. The lowest BCUT2D eigenvalue weighted by Crippen LogP contribution is -2.01. The first-order valence-electron chi connectivity index (χ1n) is 6.19. The van der Waals surface area contributed by atoms with Gasteiger partial charge in [0.05, 0.1) is 25.3 Å². The van der Waals surface area contributed by atoms with Crippen LogP contribution in [0, 0.1) is 16.1 Å². The molecule has 0 saturated heterocycles. The van der Waals surface area contributed by atoms with Gasteiger partial charge in [0.1, 0.15) is 11.8 Å². The third kappa shape index (κ3) is 2.37. The van der Waals surface area contributed by atoms with E-state index < -0.39 is 0 Å². The van der Waals surface area contributed by atoms with E-state index in [1.165, 1.54) is 6.33 Å². The van der Waals surface area contributed by atoms with Gasteiger partial charge >= 0.3 is 0 Å². The Labute approximate surface area is 125 Å². The van der Waals surface area contributed by atoms with E-state index in [9.17, 15) is 0 Å². The molecular weight excluding hydrogens is 286 g/mol. The molecule has 1 N–H and O–H groups in total. The van der Waals surface area contributed by atoms with Gasteiger partial charge in [-0.2, -0.15) is 10.2 Å². The summed E-state index contributed by atoms with van der Waals surface area (Å²) in [5.74, 6) is 0.463. The van der Waals surface area contributed by atoms with Crippen LogP contribution in [0.2, 0.25) is 0 Å². The Morgan fingerprint density at radius 2 is 2.10 bits per heavy atom. The van der Waals surface area contributed by atoms with Gasteiger partial charge < -0.3 is 9.72 Å². The highest BCUT2D eigenvalue weighted by atomic mass is 32.1. The van der Waals surface area contributed by atoms with Crippen LogP contribution in [0.5, 0.6) is 5.88 Å². The van der Waals surface area contributed by atoms with Crippen LogP contribution in [0.3, 0.4) is 0 Å². The number of aromatic amines is 1. The molecule has 2 heterocycles. The summed E-state index contributed by atoms with van der Waals surface area (Å²) in [6.45, 7) is 0.560. The van der Waals surface area contributed by atoms with Crippen molar-refractivity contribution in [2.24, 2.45) is 0 Å². The second-order valence-electron chi connectivity index (χ2n) is 4.41. The molecule has 0 atom stereocenters. The van der Waals surface area contributed by atoms with Crippen molar-refractivity contribution in [3.8, 4) is 11.9 Å². The van der Waals surface area contributed by atoms with Crippen molar-refractivity contribution in [2.45, 2.75) is 6.54 Å². The fourth-order valence-electron chi connectivity index (χ4n) is 2.11. The molecule has 3 rings (SSSR count). The van der Waals surface area contributed by atoms with Crippen LogP contribution in [0.4, 0.5) is 0 Å². The van der Waals surface area contributed by atoms with Crippen LogP contribution in [-0.2, 0) is 6.54 Å². The van der Waals surface area contributed by atoms with Gasteiger partial charge in [0.15, 0.2) is 10.4 Å². The summed E-state index contributed by atoms with van der Waals surface area (Å²) in [6.07, 6.45) is 1.44. The number of rotatable bonds is 3. The highest BCUT2D eigenvalue weighted by Crippen LogP contribution is 2.20. The summed E-state index contributed by atoms with van der Waals surface area (Å²) in [4.78, 5) is 11.4. The first kappa shape index (κ1) is 13.3. The lowest BCUT2D eigenvalue weighted by molar-refractivity contribution is 0.401. The highest BCUT2D eigenvalue weighted by molar-refractivity contribution is 7.71. The van der Waals surface area contributed by atoms with E-state index in [-0.39, 0.29) is 0 Å². The maximum absolute atomic E-state index is 8.82. The summed E-state index contributed by atoms with van der Waals surface area (Å²) in [6, 6.07) is 9.46. The highest BCUT2D eigenvalue weighted by Gasteiger charge is 2.11. The number of nitrogens with one attached hydrogen (secondary N) is 1. The van der Waals surface area contributed by atoms with Crippen molar-refractivity contribution in [2.75, 3.05) is 7.11 Å². The van der Waals surface area contributed by atoms with Gasteiger partial charge in [0, 0.05) is 0 Å². The summed E-state index contributed by atoms with van der Waals surface area (Å²) in [7, 11) is 1.55. The fourth-order valence-corrected chi connectivity index (χ4v) is 2.37. The fraction of sp³-hybridized carbons (Fsp3) is 0.143. The number of hydrogen-bond acceptors (Lipinski definition) is 5. The summed E-state index contributed by atoms with van der Waals surface area (Å²) < 4.78 is 7.62. The van der Waals surface area contributed by atoms with Gasteiger partial charge in [-0.15, -0.1) is 0 Å². The topological polar surface area (TPSA) is 79.5 Å². The van der Waals surface area contributed by atoms with Gasteiger partial charge in [-0.05, 0) is 29.9 Å². The number of methoxy groups -OCH3 is 1. The maximum atomic E-state index is 8.82. The number of imidazole rings is 1. The molecule has 0 aliphatic carbocycles. The Balaban J connectivity index is 2.06. The molecule has 0 bridgehead atoms. The molecule has 3 aromatic rings. The molecule has 0 aliphatic heterocycles. The molecule has 1 aromatic carbocycles. The van der Waals surface area contributed by atoms with Crippen LogP contribution in [0.25, 0.3) is 11.2 Å². The van der Waals surface area contributed by atoms with E-state index in [0.717, 1.165) is 5.56 Å². The van der Waals surface area contributed by atoms with Crippen LogP contribution in [-0.4, -0.2) is 26.6 Å². The zero-order valence-corrected chi connectivity index (χ0v) is 12.0. The number of hydrogen-bond donors (Lipinski definition) is 1. The minimum atomic E-state index is 0.463. The zero-order valence-electron chi connectivity index (χ0n) is 11.2. The molecule has 104 valence electrons. The minimum Gasteiger partial charge on any atom is -0.479 e. The number of nitrogens with zero attached hydrogens (tertiary/aromatic N) is 4. The van der Waals surface area contributed by atoms with E-state index in [4.69, 9.17) is 22.2 Å². The number of ether oxygens (including phenoxy) is 1. The second kappa shape index (κ2) is 5.34. The van der Waals surface area contributed by atoms with Crippen molar-refractivity contribution in [3.05, 3.63) is 46.5 Å². The third-order valence-corrected chi connectivity index (χ3v) is 3.46. The van der Waals surface area contributed by atoms with E-state index in [1.54, 1.807) is 19.2 Å². The lowest BCUT2D eigenvalue weighted by atomic mass is 10.1. The van der Waals surface area contributed by atoms with Crippen molar-refractivity contribution < 1.29 is 4.74 Å². The van der Waals surface area contributed by atoms with Gasteiger partial charge in [0.25, 0.3) is 0 Å². The van der Waals surface area contributed by atoms with E-state index >= 15 is 0 Å². The molecule has 0 fully saturated rings. The van der Waals surface area contributed by atoms with Crippen molar-refractivity contribution in [3.63, 3.8) is 0 Å². The van der Waals surface area contributed by atoms with Gasteiger partial charge in [-0.1, -0.05) is 12.1 Å². The predicted octanol–water partition coefficient (Wildman–Crippen LogP) is 2.42. The maximum Gasteiger partial charge on any atom is 0.242 e. The molecule has 0 spiro atoms. The van der Waals surface area contributed by atoms with E-state index in [1.807, 2.05) is 16.7 Å². The monoisotopic (exact) mass is 297 g/mol. The Bertz CT molecular complexity index is 888. The van der Waals surface area contributed by atoms with Crippen LogP contribution >= 0.6 is 12.2 Å². The quantitative estimate of drug-likeness (QED) is 0.751. The standard InChI is InChI=1S/C14H11N5OS/c1-20-13-11-12(16-8-17-13)19(14(21)18-11)7-10-4-2-9(6-15)3-5-10/h2-5,8H,7H2,1H3,(H,18,21). The molecule has 0 aliphatic rings. The van der Waals surface area contributed by atoms with Crippen molar-refractivity contribution in [1.82, 2.24) is 19.5 Å². The predicted molar refractivity (Wildman–Crippen MR) is 79.5 cm³/mol. The zero-order chi connectivity index (χ0) is 14.8. The Morgan fingerprint density at radius 1 is 1.33 bits per heavy atom. The van der Waals surface area contributed by atoms with Gasteiger partial charge in [-0.25, -0.2) is 4.98 Å². The van der Waals surface area contributed by atoms with Crippen LogP contribution in [0.1, 0.15) is 11.1 Å². The number of aromatic nitrogens is 4. The molecular formula is C14H11N5OS. The Morgan fingerprint density at radius 3 is 2.76 bits per heavy atom. The molecule has 6 nitrogen and oxygen atoms in total. The van der Waals surface area contributed by atoms with Gasteiger partial charge in [-0.3, -0.25) is 4.57 Å². The van der Waals surface area contributed by atoms with Crippen LogP contribution < -0.4 is 4.74 Å². The molecule has 0 radical (unpaired) electrons. The smallest absolute Gasteiger partial charge is 0.242 e. The number of nitriles is 1. The lowest BCUT2D eigenvalue weighted by Gasteiger charge is -2.04. The van der Waals surface area contributed by atoms with E-state index in [2.05, 4.69) is 21.0 Å². The molecule has 0 amide bonds. The van der Waals surface area contributed by atoms with Crippen LogP contribution in [0.15, 0.2) is 30.6 Å². The average molecular weight is 297 g/mol. The Kier molecular flexibility index (Phi) is 3.38. The summed E-state index contributed by atoms with van der Waals surface area (Å²) in [5.41, 5.74) is 3.03. The van der Waals surface area contributed by atoms with Crippen molar-refractivity contribution in [1.29, 1.82) is 5.26 Å². The largest absolute Gasteiger partial charge is 0.479 e. The summed E-state index contributed by atoms with van der Waals surface area (Å²) in [5, 5.41) is 8.82. The number of fused-ring (bicyclic) bond motifs is 1. The number of benzene rings is 1. The number of H-pyrrole nitrogens is 1. The molecule has 21 heavy (non-hydrogen) atoms. The Hall–Kier alpha value is -2.72. The first-order chi connectivity index (χ1) is 10.2. The molecule has 0 saturated carbocycles. The van der Waals surface area contributed by atoms with Gasteiger partial charge in [0.2, 0.25) is 5.88 Å². The minimum absolute atomic E-state index is 0.463. The molecule has 0 unspecified atom stereocenters. The molecule has 2 aromatic heterocycles. The van der Waals surface area contributed by atoms with Crippen molar-refractivity contribution >= 4 is 23.4 Å². The van der Waals surface area contributed by atoms with E-state index in [0.29, 0.717) is 33.9 Å².